The van der Waals surface area contributed by atoms with E-state index in [9.17, 15) is 10.1 Å². The third kappa shape index (κ3) is 4.10. The number of hydrogen-bond donors (Lipinski definition) is 1. The van der Waals surface area contributed by atoms with Crippen molar-refractivity contribution < 1.29 is 9.21 Å². The molecule has 26 heavy (non-hydrogen) atoms. The highest BCUT2D eigenvalue weighted by molar-refractivity contribution is 7.99. The lowest BCUT2D eigenvalue weighted by Crippen LogP contribution is -2.49. The van der Waals surface area contributed by atoms with Crippen LogP contribution in [0, 0.1) is 17.2 Å². The molecule has 1 atom stereocenters. The minimum absolute atomic E-state index is 0.0190. The third-order valence-electron chi connectivity index (χ3n) is 4.70. The molecule has 2 heterocycles. The molecule has 0 saturated heterocycles. The monoisotopic (exact) mass is 373 g/mol. The average molecular weight is 373 g/mol. The van der Waals surface area contributed by atoms with E-state index < -0.39 is 5.54 Å². The molecule has 1 amide bonds. The van der Waals surface area contributed by atoms with Crippen molar-refractivity contribution in [3.05, 3.63) is 30.0 Å². The first kappa shape index (κ1) is 18.5. The number of carbonyl (C=O) groups excluding carboxylic acids is 1. The predicted octanol–water partition coefficient (Wildman–Crippen LogP) is 2.94. The fourth-order valence-corrected chi connectivity index (χ4v) is 3.26. The number of nitrogens with zero attached hydrogens (tertiary/aromatic N) is 4. The smallest absolute Gasteiger partial charge is 0.231 e. The van der Waals surface area contributed by atoms with Crippen molar-refractivity contribution in [3.8, 4) is 6.07 Å². The summed E-state index contributed by atoms with van der Waals surface area (Å²) in [6.45, 7) is 6.12. The summed E-state index contributed by atoms with van der Waals surface area (Å²) in [5.74, 6) is 2.25. The first-order valence-electron chi connectivity index (χ1n) is 8.73. The van der Waals surface area contributed by atoms with Crippen molar-refractivity contribution in [1.82, 2.24) is 20.1 Å². The molecule has 2 aromatic rings. The molecule has 0 radical (unpaired) electrons. The molecule has 1 saturated carbocycles. The van der Waals surface area contributed by atoms with Gasteiger partial charge in [0.25, 0.3) is 0 Å². The van der Waals surface area contributed by atoms with Gasteiger partial charge in [0, 0.05) is 5.92 Å². The van der Waals surface area contributed by atoms with Crippen LogP contribution in [0.25, 0.3) is 0 Å². The third-order valence-corrected chi connectivity index (χ3v) is 5.67. The normalized spacial score (nSPS) is 16.3. The molecular formula is C18H23N5O2S. The van der Waals surface area contributed by atoms with E-state index >= 15 is 0 Å². The molecule has 3 rings (SSSR count). The zero-order valence-electron chi connectivity index (χ0n) is 15.2. The fraction of sp³-hybridized carbons (Fsp3) is 0.556. The predicted molar refractivity (Wildman–Crippen MR) is 97.5 cm³/mol. The average Bonchev–Trinajstić information content (AvgIpc) is 3.17. The van der Waals surface area contributed by atoms with Gasteiger partial charge in [-0.05, 0) is 37.8 Å². The van der Waals surface area contributed by atoms with Gasteiger partial charge in [-0.2, -0.15) is 5.26 Å². The first-order valence-corrected chi connectivity index (χ1v) is 9.72. The molecule has 2 aromatic heterocycles. The van der Waals surface area contributed by atoms with E-state index in [1.807, 2.05) is 30.5 Å². The lowest BCUT2D eigenvalue weighted by atomic mass is 9.90. The number of hydrogen-bond acceptors (Lipinski definition) is 6. The van der Waals surface area contributed by atoms with Crippen LogP contribution in [0.1, 0.15) is 51.1 Å². The van der Waals surface area contributed by atoms with Gasteiger partial charge in [-0.1, -0.05) is 25.6 Å². The molecule has 1 aliphatic carbocycles. The highest BCUT2D eigenvalue weighted by Gasteiger charge is 2.32. The van der Waals surface area contributed by atoms with Crippen molar-refractivity contribution in [2.75, 3.05) is 5.75 Å². The summed E-state index contributed by atoms with van der Waals surface area (Å²) in [6.07, 6.45) is 3.89. The zero-order valence-corrected chi connectivity index (χ0v) is 16.0. The van der Waals surface area contributed by atoms with Gasteiger partial charge < -0.3 is 9.73 Å². The van der Waals surface area contributed by atoms with Gasteiger partial charge >= 0.3 is 0 Å². The Balaban J connectivity index is 1.68. The number of aromatic nitrogens is 3. The van der Waals surface area contributed by atoms with Crippen molar-refractivity contribution in [2.24, 2.45) is 5.92 Å². The van der Waals surface area contributed by atoms with Crippen LogP contribution in [0.4, 0.5) is 0 Å². The van der Waals surface area contributed by atoms with Gasteiger partial charge in [0.2, 0.25) is 5.91 Å². The number of nitriles is 1. The summed E-state index contributed by atoms with van der Waals surface area (Å²) in [7, 11) is 0. The van der Waals surface area contributed by atoms with E-state index in [0.717, 1.165) is 24.4 Å². The van der Waals surface area contributed by atoms with E-state index in [0.29, 0.717) is 17.6 Å². The van der Waals surface area contributed by atoms with E-state index in [-0.39, 0.29) is 17.6 Å². The maximum Gasteiger partial charge on any atom is 0.231 e. The molecule has 8 heteroatoms. The second-order valence-electron chi connectivity index (χ2n) is 7.09. The number of thioether (sulfide) groups is 1. The Morgan fingerprint density at radius 2 is 2.31 bits per heavy atom. The van der Waals surface area contributed by atoms with Gasteiger partial charge in [0.1, 0.15) is 17.1 Å². The van der Waals surface area contributed by atoms with Gasteiger partial charge in [0.05, 0.1) is 24.6 Å². The van der Waals surface area contributed by atoms with E-state index in [2.05, 4.69) is 21.6 Å². The highest BCUT2D eigenvalue weighted by Crippen LogP contribution is 2.40. The second kappa shape index (κ2) is 7.54. The SMILES string of the molecule is CC(C)C(C)(C#N)NC(=O)CSc1nnc(C2CC2)n1Cc1ccco1. The van der Waals surface area contributed by atoms with Crippen LogP contribution in [0.15, 0.2) is 28.0 Å². The molecule has 0 aromatic carbocycles. The van der Waals surface area contributed by atoms with Gasteiger partial charge in [-0.3, -0.25) is 9.36 Å². The van der Waals surface area contributed by atoms with Crippen molar-refractivity contribution in [2.45, 2.75) is 56.8 Å². The van der Waals surface area contributed by atoms with E-state index in [1.165, 1.54) is 11.8 Å². The molecule has 0 aliphatic heterocycles. The van der Waals surface area contributed by atoms with Crippen molar-refractivity contribution >= 4 is 17.7 Å². The summed E-state index contributed by atoms with van der Waals surface area (Å²) >= 11 is 1.33. The largest absolute Gasteiger partial charge is 0.467 e. The highest BCUT2D eigenvalue weighted by atomic mass is 32.2. The summed E-state index contributed by atoms with van der Waals surface area (Å²) < 4.78 is 7.48. The van der Waals surface area contributed by atoms with Crippen molar-refractivity contribution in [3.63, 3.8) is 0 Å². The Kier molecular flexibility index (Phi) is 5.37. The minimum Gasteiger partial charge on any atom is -0.467 e. The number of furan rings is 1. The molecular weight excluding hydrogens is 350 g/mol. The van der Waals surface area contributed by atoms with Crippen LogP contribution in [-0.2, 0) is 11.3 Å². The molecule has 1 fully saturated rings. The molecule has 1 N–H and O–H groups in total. The Labute approximate surface area is 157 Å². The topological polar surface area (TPSA) is 96.7 Å². The second-order valence-corrected chi connectivity index (χ2v) is 8.03. The molecule has 1 aliphatic rings. The Bertz CT molecular complexity index is 804. The Morgan fingerprint density at radius 3 is 2.88 bits per heavy atom. The number of rotatable bonds is 8. The quantitative estimate of drug-likeness (QED) is 0.715. The van der Waals surface area contributed by atoms with Crippen LogP contribution in [0.2, 0.25) is 0 Å². The van der Waals surface area contributed by atoms with Gasteiger partial charge in [-0.15, -0.1) is 10.2 Å². The van der Waals surface area contributed by atoms with Gasteiger partial charge in [-0.25, -0.2) is 0 Å². The number of amides is 1. The lowest BCUT2D eigenvalue weighted by Gasteiger charge is -2.27. The lowest BCUT2D eigenvalue weighted by molar-refractivity contribution is -0.120. The number of nitrogens with one attached hydrogen (secondary N) is 1. The Hall–Kier alpha value is -2.27. The summed E-state index contributed by atoms with van der Waals surface area (Å²) in [5, 5.41) is 21.5. The molecule has 7 nitrogen and oxygen atoms in total. The van der Waals surface area contributed by atoms with Crippen LogP contribution >= 0.6 is 11.8 Å². The summed E-state index contributed by atoms with van der Waals surface area (Å²) in [6, 6.07) is 5.96. The van der Waals surface area contributed by atoms with E-state index in [4.69, 9.17) is 4.42 Å². The maximum absolute atomic E-state index is 12.3. The molecule has 138 valence electrons. The summed E-state index contributed by atoms with van der Waals surface area (Å²) in [5.41, 5.74) is -0.876. The minimum atomic E-state index is -0.876. The molecule has 0 bridgehead atoms. The zero-order chi connectivity index (χ0) is 18.7. The van der Waals surface area contributed by atoms with Crippen molar-refractivity contribution in [1.29, 1.82) is 5.26 Å². The number of carbonyl (C=O) groups is 1. The Morgan fingerprint density at radius 1 is 1.54 bits per heavy atom. The standard InChI is InChI=1S/C18H23N5O2S/c1-12(2)18(3,11-19)20-15(24)10-26-17-22-21-16(13-6-7-13)23(17)9-14-5-4-8-25-14/h4-5,8,12-13H,6-7,9-10H2,1-3H3,(H,20,24). The van der Waals surface area contributed by atoms with Gasteiger partial charge in [0.15, 0.2) is 5.16 Å². The van der Waals surface area contributed by atoms with E-state index in [1.54, 1.807) is 13.2 Å². The fourth-order valence-electron chi connectivity index (χ4n) is 2.51. The van der Waals surface area contributed by atoms with Crippen LogP contribution in [-0.4, -0.2) is 32.0 Å². The van der Waals surface area contributed by atoms with Crippen LogP contribution in [0.3, 0.4) is 0 Å². The maximum atomic E-state index is 12.3. The molecule has 0 spiro atoms. The van der Waals surface area contributed by atoms with Crippen LogP contribution < -0.4 is 5.32 Å². The summed E-state index contributed by atoms with van der Waals surface area (Å²) in [4.78, 5) is 12.3. The molecule has 1 unspecified atom stereocenters. The van der Waals surface area contributed by atoms with Crippen LogP contribution in [0.5, 0.6) is 0 Å². The first-order chi connectivity index (χ1) is 12.4.